The molecule has 0 aromatic heterocycles. The largest absolute Gasteiger partial charge is 0.310 e. The van der Waals surface area contributed by atoms with E-state index in [0.29, 0.717) is 6.04 Å². The Labute approximate surface area is 128 Å². The predicted molar refractivity (Wildman–Crippen MR) is 91.5 cm³/mol. The van der Waals surface area contributed by atoms with Crippen LogP contribution < -0.4 is 5.32 Å². The lowest BCUT2D eigenvalue weighted by atomic mass is 9.88. The number of fused-ring (bicyclic) bond motifs is 1. The fraction of sp³-hybridized carbons (Fsp3) is 0.500. The van der Waals surface area contributed by atoms with Gasteiger partial charge in [0.2, 0.25) is 0 Å². The fourth-order valence-electron chi connectivity index (χ4n) is 3.91. The van der Waals surface area contributed by atoms with Crippen LogP contribution in [0.2, 0.25) is 0 Å². The molecule has 1 heteroatoms. The normalized spacial score (nSPS) is 23.5. The zero-order valence-electron chi connectivity index (χ0n) is 13.3. The molecular weight excluding hydrogens is 254 g/mol. The molecule has 0 spiro atoms. The van der Waals surface area contributed by atoms with E-state index in [1.54, 1.807) is 0 Å². The van der Waals surface area contributed by atoms with Gasteiger partial charge < -0.3 is 5.32 Å². The van der Waals surface area contributed by atoms with E-state index in [0.717, 1.165) is 18.4 Å². The molecule has 0 aliphatic heterocycles. The minimum Gasteiger partial charge on any atom is -0.310 e. The first kappa shape index (κ1) is 14.6. The summed E-state index contributed by atoms with van der Waals surface area (Å²) in [6.45, 7) is 5.77. The summed E-state index contributed by atoms with van der Waals surface area (Å²) in [4.78, 5) is 0. The van der Waals surface area contributed by atoms with Gasteiger partial charge in [0.1, 0.15) is 0 Å². The molecular formula is C20H27N. The summed E-state index contributed by atoms with van der Waals surface area (Å²) in [5, 5.41) is 6.63. The van der Waals surface area contributed by atoms with E-state index in [1.807, 2.05) is 0 Å². The average molecular weight is 281 g/mol. The number of hydrogen-bond acceptors (Lipinski definition) is 1. The van der Waals surface area contributed by atoms with Crippen LogP contribution in [0.3, 0.4) is 0 Å². The molecule has 0 saturated heterocycles. The maximum atomic E-state index is 3.84. The van der Waals surface area contributed by atoms with Crippen molar-refractivity contribution in [1.82, 2.24) is 5.32 Å². The van der Waals surface area contributed by atoms with Gasteiger partial charge in [-0.25, -0.2) is 0 Å². The van der Waals surface area contributed by atoms with Crippen LogP contribution in [0.15, 0.2) is 42.5 Å². The highest BCUT2D eigenvalue weighted by Gasteiger charge is 2.30. The number of benzene rings is 2. The van der Waals surface area contributed by atoms with E-state index in [2.05, 4.69) is 61.6 Å². The van der Waals surface area contributed by atoms with Crippen LogP contribution in [0.1, 0.15) is 51.1 Å². The molecule has 1 N–H and O–H groups in total. The van der Waals surface area contributed by atoms with E-state index in [9.17, 15) is 0 Å². The SMILES string of the molecule is CCCNC(c1cccc2ccccc12)C1CCC(C)C1. The summed E-state index contributed by atoms with van der Waals surface area (Å²) in [6, 6.07) is 16.1. The summed E-state index contributed by atoms with van der Waals surface area (Å²) in [6.07, 6.45) is 5.32. The van der Waals surface area contributed by atoms with Gasteiger partial charge in [-0.1, -0.05) is 62.7 Å². The molecule has 0 amide bonds. The third-order valence-corrected chi connectivity index (χ3v) is 4.98. The number of nitrogens with one attached hydrogen (secondary N) is 1. The molecule has 1 aliphatic carbocycles. The lowest BCUT2D eigenvalue weighted by Gasteiger charge is -2.27. The molecule has 2 aromatic rings. The highest BCUT2D eigenvalue weighted by molar-refractivity contribution is 5.86. The van der Waals surface area contributed by atoms with Gasteiger partial charge in [-0.2, -0.15) is 0 Å². The van der Waals surface area contributed by atoms with E-state index in [-0.39, 0.29) is 0 Å². The second-order valence-corrected chi connectivity index (χ2v) is 6.68. The number of rotatable bonds is 5. The predicted octanol–water partition coefficient (Wildman–Crippen LogP) is 5.32. The van der Waals surface area contributed by atoms with Crippen molar-refractivity contribution in [2.45, 2.75) is 45.6 Å². The summed E-state index contributed by atoms with van der Waals surface area (Å²) >= 11 is 0. The third-order valence-electron chi connectivity index (χ3n) is 4.98. The van der Waals surface area contributed by atoms with E-state index >= 15 is 0 Å². The maximum absolute atomic E-state index is 3.84. The Hall–Kier alpha value is -1.34. The highest BCUT2D eigenvalue weighted by Crippen LogP contribution is 2.40. The van der Waals surface area contributed by atoms with Crippen molar-refractivity contribution in [3.8, 4) is 0 Å². The Morgan fingerprint density at radius 3 is 2.67 bits per heavy atom. The Kier molecular flexibility index (Phi) is 4.60. The van der Waals surface area contributed by atoms with Crippen molar-refractivity contribution < 1.29 is 0 Å². The van der Waals surface area contributed by atoms with Gasteiger partial charge in [-0.3, -0.25) is 0 Å². The van der Waals surface area contributed by atoms with Gasteiger partial charge in [0.15, 0.2) is 0 Å². The van der Waals surface area contributed by atoms with E-state index in [1.165, 1.54) is 42.0 Å². The van der Waals surface area contributed by atoms with Gasteiger partial charge in [0, 0.05) is 6.04 Å². The quantitative estimate of drug-likeness (QED) is 0.782. The van der Waals surface area contributed by atoms with Gasteiger partial charge in [0.25, 0.3) is 0 Å². The zero-order valence-corrected chi connectivity index (χ0v) is 13.3. The monoisotopic (exact) mass is 281 g/mol. The minimum atomic E-state index is 0.515. The van der Waals surface area contributed by atoms with Crippen molar-refractivity contribution in [2.75, 3.05) is 6.54 Å². The standard InChI is InChI=1S/C20H27N/c1-3-13-21-20(17-12-11-15(2)14-17)19-10-6-8-16-7-4-5-9-18(16)19/h4-10,15,17,20-21H,3,11-14H2,1-2H3. The molecule has 21 heavy (non-hydrogen) atoms. The molecule has 0 heterocycles. The first-order chi connectivity index (χ1) is 10.3. The first-order valence-corrected chi connectivity index (χ1v) is 8.50. The van der Waals surface area contributed by atoms with Gasteiger partial charge in [-0.05, 0) is 54.0 Å². The van der Waals surface area contributed by atoms with Crippen LogP contribution in [0.5, 0.6) is 0 Å². The van der Waals surface area contributed by atoms with Crippen LogP contribution in [0.25, 0.3) is 10.8 Å². The molecule has 1 aliphatic rings. The van der Waals surface area contributed by atoms with Crippen LogP contribution in [0, 0.1) is 11.8 Å². The minimum absolute atomic E-state index is 0.515. The molecule has 3 rings (SSSR count). The summed E-state index contributed by atoms with van der Waals surface area (Å²) in [5.74, 6) is 1.67. The molecule has 1 nitrogen and oxygen atoms in total. The number of hydrogen-bond donors (Lipinski definition) is 1. The fourth-order valence-corrected chi connectivity index (χ4v) is 3.91. The van der Waals surface area contributed by atoms with Crippen LogP contribution in [-0.2, 0) is 0 Å². The zero-order chi connectivity index (χ0) is 14.7. The van der Waals surface area contributed by atoms with Crippen molar-refractivity contribution in [3.05, 3.63) is 48.0 Å². The first-order valence-electron chi connectivity index (χ1n) is 8.50. The molecule has 1 saturated carbocycles. The lowest BCUT2D eigenvalue weighted by molar-refractivity contribution is 0.361. The van der Waals surface area contributed by atoms with E-state index in [4.69, 9.17) is 0 Å². The molecule has 2 aromatic carbocycles. The van der Waals surface area contributed by atoms with Crippen molar-refractivity contribution in [3.63, 3.8) is 0 Å². The topological polar surface area (TPSA) is 12.0 Å². The lowest BCUT2D eigenvalue weighted by Crippen LogP contribution is -2.28. The Morgan fingerprint density at radius 2 is 1.90 bits per heavy atom. The molecule has 3 atom stereocenters. The van der Waals surface area contributed by atoms with Crippen molar-refractivity contribution in [1.29, 1.82) is 0 Å². The van der Waals surface area contributed by atoms with Gasteiger partial charge in [0.05, 0.1) is 0 Å². The molecule has 0 radical (unpaired) electrons. The Morgan fingerprint density at radius 1 is 1.10 bits per heavy atom. The van der Waals surface area contributed by atoms with Crippen molar-refractivity contribution >= 4 is 10.8 Å². The van der Waals surface area contributed by atoms with Crippen LogP contribution in [0.4, 0.5) is 0 Å². The molecule has 1 fully saturated rings. The smallest absolute Gasteiger partial charge is 0.0354 e. The van der Waals surface area contributed by atoms with Gasteiger partial charge in [-0.15, -0.1) is 0 Å². The van der Waals surface area contributed by atoms with Crippen molar-refractivity contribution in [2.24, 2.45) is 11.8 Å². The van der Waals surface area contributed by atoms with Crippen LogP contribution >= 0.6 is 0 Å². The van der Waals surface area contributed by atoms with E-state index < -0.39 is 0 Å². The maximum Gasteiger partial charge on any atom is 0.0354 e. The summed E-state index contributed by atoms with van der Waals surface area (Å²) in [5.41, 5.74) is 1.50. The molecule has 0 bridgehead atoms. The second-order valence-electron chi connectivity index (χ2n) is 6.68. The third kappa shape index (κ3) is 3.13. The molecule has 3 unspecified atom stereocenters. The van der Waals surface area contributed by atoms with Gasteiger partial charge >= 0.3 is 0 Å². The summed E-state index contributed by atoms with van der Waals surface area (Å²) < 4.78 is 0. The summed E-state index contributed by atoms with van der Waals surface area (Å²) in [7, 11) is 0. The van der Waals surface area contributed by atoms with Crippen LogP contribution in [-0.4, -0.2) is 6.54 Å². The Balaban J connectivity index is 1.97. The average Bonchev–Trinajstić information content (AvgIpc) is 2.94. The Bertz CT molecular complexity index is 584. The highest BCUT2D eigenvalue weighted by atomic mass is 14.9. The molecule has 112 valence electrons. The second kappa shape index (κ2) is 6.62.